The molecule has 5 rings (SSSR count). The number of ether oxygens (including phenoxy) is 1. The summed E-state index contributed by atoms with van der Waals surface area (Å²) in [6.07, 6.45) is 5.02. The smallest absolute Gasteiger partial charge is 0.220 e. The largest absolute Gasteiger partial charge is 0.489 e. The van der Waals surface area contributed by atoms with Crippen LogP contribution in [0.4, 0.5) is 5.82 Å². The molecule has 0 bridgehead atoms. The fraction of sp³-hybridized carbons (Fsp3) is 0.455. The highest BCUT2D eigenvalue weighted by Gasteiger charge is 2.29. The summed E-state index contributed by atoms with van der Waals surface area (Å²) < 4.78 is 32.2. The molecular weight excluding hydrogens is 476 g/mol. The fourth-order valence-electron chi connectivity index (χ4n) is 4.31. The van der Waals surface area contributed by atoms with Crippen LogP contribution in [0.15, 0.2) is 30.0 Å². The first kappa shape index (κ1) is 22.9. The second-order valence-electron chi connectivity index (χ2n) is 8.68. The van der Waals surface area contributed by atoms with Gasteiger partial charge in [0.05, 0.1) is 40.1 Å². The Morgan fingerprint density at radius 1 is 1.15 bits per heavy atom. The van der Waals surface area contributed by atoms with Crippen molar-refractivity contribution in [3.05, 3.63) is 30.0 Å². The lowest BCUT2D eigenvalue weighted by atomic mass is 10.0. The Kier molecular flexibility index (Phi) is 6.13. The average molecular weight is 503 g/mol. The van der Waals surface area contributed by atoms with E-state index in [1.54, 1.807) is 17.9 Å². The van der Waals surface area contributed by atoms with Crippen molar-refractivity contribution < 1.29 is 17.9 Å². The van der Waals surface area contributed by atoms with Gasteiger partial charge in [0.25, 0.3) is 0 Å². The summed E-state index contributed by atoms with van der Waals surface area (Å²) in [7, 11) is -3.18. The number of piperazine rings is 1. The molecule has 10 nitrogen and oxygen atoms in total. The van der Waals surface area contributed by atoms with E-state index in [1.165, 1.54) is 21.9 Å². The van der Waals surface area contributed by atoms with Gasteiger partial charge in [-0.25, -0.2) is 18.4 Å². The predicted octanol–water partition coefficient (Wildman–Crippen LogP) is 1.74. The number of benzene rings is 1. The van der Waals surface area contributed by atoms with E-state index in [4.69, 9.17) is 4.74 Å². The van der Waals surface area contributed by atoms with Gasteiger partial charge in [0.15, 0.2) is 0 Å². The summed E-state index contributed by atoms with van der Waals surface area (Å²) in [6, 6.07) is 3.92. The number of hydrogen-bond acceptors (Lipinski definition) is 9. The molecule has 1 N–H and O–H groups in total. The topological polar surface area (TPSA) is 118 Å². The minimum atomic E-state index is -3.18. The van der Waals surface area contributed by atoms with E-state index >= 15 is 0 Å². The molecule has 3 aromatic rings. The number of sulfonamides is 1. The predicted molar refractivity (Wildman–Crippen MR) is 130 cm³/mol. The number of amides is 1. The molecule has 0 radical (unpaired) electrons. The first-order valence-electron chi connectivity index (χ1n) is 11.1. The molecule has 2 atom stereocenters. The number of carbonyl (C=O) groups excluding carboxylic acids is 1. The number of fused-ring (bicyclic) bond motifs is 1. The quantitative estimate of drug-likeness (QED) is 0.542. The van der Waals surface area contributed by atoms with Crippen molar-refractivity contribution in [1.29, 1.82) is 0 Å². The lowest BCUT2D eigenvalue weighted by molar-refractivity contribution is -0.119. The summed E-state index contributed by atoms with van der Waals surface area (Å²) in [4.78, 5) is 27.3. The molecule has 0 saturated carbocycles. The first-order chi connectivity index (χ1) is 16.3. The highest BCUT2D eigenvalue weighted by atomic mass is 32.2. The summed E-state index contributed by atoms with van der Waals surface area (Å²) >= 11 is 1.52. The Hall–Kier alpha value is -2.83. The van der Waals surface area contributed by atoms with Crippen molar-refractivity contribution >= 4 is 43.3 Å². The third-order valence-corrected chi connectivity index (χ3v) is 8.51. The monoisotopic (exact) mass is 502 g/mol. The molecule has 1 aromatic carbocycles. The molecule has 2 aliphatic rings. The van der Waals surface area contributed by atoms with Gasteiger partial charge in [0.1, 0.15) is 17.7 Å². The number of nitrogens with zero attached hydrogens (tertiary/aromatic N) is 5. The second-order valence-corrected chi connectivity index (χ2v) is 11.5. The van der Waals surface area contributed by atoms with Crippen LogP contribution in [-0.4, -0.2) is 78.7 Å². The van der Waals surface area contributed by atoms with Gasteiger partial charge < -0.3 is 15.0 Å². The van der Waals surface area contributed by atoms with Gasteiger partial charge in [0, 0.05) is 50.6 Å². The molecule has 12 heteroatoms. The molecule has 1 unspecified atom stereocenters. The fourth-order valence-corrected chi connectivity index (χ4v) is 5.87. The summed E-state index contributed by atoms with van der Waals surface area (Å²) in [5.74, 6) is 1.63. The standard InChI is InChI=1S/C22H26N6O4S2/c1-14(16-9-21(29)25-10-16)32-19-8-15(7-17-22(19)33-13-26-17)18-11-24-20(12-23-18)27-3-5-28(6-4-27)34(2,30)31/h7-8,11-14,16H,3-6,9-10H2,1-2H3,(H,25,29)/t14-,16?/m1/s1. The van der Waals surface area contributed by atoms with E-state index in [2.05, 4.69) is 20.3 Å². The molecule has 1 amide bonds. The number of nitrogens with one attached hydrogen (secondary N) is 1. The van der Waals surface area contributed by atoms with Gasteiger partial charge in [-0.05, 0) is 19.1 Å². The molecule has 34 heavy (non-hydrogen) atoms. The van der Waals surface area contributed by atoms with Crippen LogP contribution in [0, 0.1) is 5.92 Å². The van der Waals surface area contributed by atoms with Crippen LogP contribution in [0.3, 0.4) is 0 Å². The van der Waals surface area contributed by atoms with Crippen LogP contribution in [0.25, 0.3) is 21.5 Å². The first-order valence-corrected chi connectivity index (χ1v) is 13.8. The zero-order valence-corrected chi connectivity index (χ0v) is 20.6. The molecule has 4 heterocycles. The van der Waals surface area contributed by atoms with Gasteiger partial charge in [-0.15, -0.1) is 11.3 Å². The maximum absolute atomic E-state index is 11.7. The van der Waals surface area contributed by atoms with Gasteiger partial charge in [0.2, 0.25) is 15.9 Å². The van der Waals surface area contributed by atoms with Crippen molar-refractivity contribution in [1.82, 2.24) is 24.6 Å². The third kappa shape index (κ3) is 4.70. The minimum absolute atomic E-state index is 0.0604. The number of hydrogen-bond donors (Lipinski definition) is 1. The Morgan fingerprint density at radius 3 is 2.59 bits per heavy atom. The maximum Gasteiger partial charge on any atom is 0.220 e. The van der Waals surface area contributed by atoms with E-state index in [9.17, 15) is 13.2 Å². The number of rotatable bonds is 6. The van der Waals surface area contributed by atoms with Crippen LogP contribution >= 0.6 is 11.3 Å². The Morgan fingerprint density at radius 2 is 1.94 bits per heavy atom. The van der Waals surface area contributed by atoms with Crippen molar-refractivity contribution in [2.24, 2.45) is 5.92 Å². The third-order valence-electron chi connectivity index (χ3n) is 6.35. The average Bonchev–Trinajstić information content (AvgIpc) is 3.48. The SMILES string of the molecule is C[C@@H](Oc1cc(-c2cnc(N3CCN(S(C)(=O)=O)CC3)cn2)cc2ncsc12)C1CNC(=O)C1. The van der Waals surface area contributed by atoms with Crippen LogP contribution < -0.4 is 15.0 Å². The molecule has 2 saturated heterocycles. The van der Waals surface area contributed by atoms with Crippen molar-refractivity contribution in [2.45, 2.75) is 19.4 Å². The molecule has 180 valence electrons. The minimum Gasteiger partial charge on any atom is -0.489 e. The number of anilines is 1. The molecular formula is C22H26N6O4S2. The highest BCUT2D eigenvalue weighted by molar-refractivity contribution is 7.88. The molecule has 2 fully saturated rings. The number of aromatic nitrogens is 3. The Balaban J connectivity index is 1.35. The summed E-state index contributed by atoms with van der Waals surface area (Å²) in [5.41, 5.74) is 4.16. The van der Waals surface area contributed by atoms with Crippen molar-refractivity contribution in [2.75, 3.05) is 43.9 Å². The molecule has 0 spiro atoms. The molecule has 2 aliphatic heterocycles. The van der Waals surface area contributed by atoms with Crippen molar-refractivity contribution in [3.8, 4) is 17.0 Å². The van der Waals surface area contributed by atoms with E-state index < -0.39 is 10.0 Å². The second kappa shape index (κ2) is 9.08. The van der Waals surface area contributed by atoms with Crippen LogP contribution in [0.1, 0.15) is 13.3 Å². The van der Waals surface area contributed by atoms with Gasteiger partial charge in [-0.3, -0.25) is 9.78 Å². The molecule has 2 aromatic heterocycles. The zero-order chi connectivity index (χ0) is 23.9. The normalized spacial score (nSPS) is 20.5. The van der Waals surface area contributed by atoms with Crippen molar-refractivity contribution in [3.63, 3.8) is 0 Å². The van der Waals surface area contributed by atoms with E-state index in [1.807, 2.05) is 24.0 Å². The molecule has 0 aliphatic carbocycles. The lowest BCUT2D eigenvalue weighted by Crippen LogP contribution is -2.48. The number of carbonyl (C=O) groups is 1. The van der Waals surface area contributed by atoms with Gasteiger partial charge in [-0.2, -0.15) is 4.31 Å². The maximum atomic E-state index is 11.7. The summed E-state index contributed by atoms with van der Waals surface area (Å²) in [5, 5.41) is 2.86. The zero-order valence-electron chi connectivity index (χ0n) is 19.0. The lowest BCUT2D eigenvalue weighted by Gasteiger charge is -2.33. The van der Waals surface area contributed by atoms with Crippen LogP contribution in [0.2, 0.25) is 0 Å². The van der Waals surface area contributed by atoms with Crippen LogP contribution in [0.5, 0.6) is 5.75 Å². The highest BCUT2D eigenvalue weighted by Crippen LogP contribution is 2.35. The Bertz CT molecular complexity index is 1300. The van der Waals surface area contributed by atoms with Crippen LogP contribution in [-0.2, 0) is 14.8 Å². The summed E-state index contributed by atoms with van der Waals surface area (Å²) in [6.45, 7) is 4.62. The van der Waals surface area contributed by atoms with E-state index in [-0.39, 0.29) is 17.9 Å². The number of thiazole rings is 1. The van der Waals surface area contributed by atoms with Gasteiger partial charge >= 0.3 is 0 Å². The van der Waals surface area contributed by atoms with E-state index in [0.29, 0.717) is 44.8 Å². The Labute approximate surface area is 202 Å². The van der Waals surface area contributed by atoms with E-state index in [0.717, 1.165) is 27.3 Å². The van der Waals surface area contributed by atoms with Gasteiger partial charge in [-0.1, -0.05) is 0 Å².